The Balaban J connectivity index is 1.50. The third kappa shape index (κ3) is 4.31. The van der Waals surface area contributed by atoms with Crippen molar-refractivity contribution in [3.8, 4) is 11.1 Å². The van der Waals surface area contributed by atoms with Gasteiger partial charge in [0.2, 0.25) is 0 Å². The van der Waals surface area contributed by atoms with E-state index in [4.69, 9.17) is 0 Å². The molecule has 4 heterocycles. The fourth-order valence-corrected chi connectivity index (χ4v) is 3.12. The summed E-state index contributed by atoms with van der Waals surface area (Å²) in [4.78, 5) is 15.1. The van der Waals surface area contributed by atoms with Crippen molar-refractivity contribution in [2.24, 2.45) is 0 Å². The number of hydrogen-bond donors (Lipinski definition) is 2. The van der Waals surface area contributed by atoms with E-state index in [0.717, 1.165) is 40.2 Å². The van der Waals surface area contributed by atoms with Crippen molar-refractivity contribution in [1.29, 1.82) is 0 Å². The molecule has 0 saturated heterocycles. The lowest BCUT2D eigenvalue weighted by molar-refractivity contribution is -0.108. The molecule has 1 unspecified atom stereocenters. The van der Waals surface area contributed by atoms with Crippen LogP contribution in [0.3, 0.4) is 0 Å². The molecule has 0 aliphatic carbocycles. The average Bonchev–Trinajstić information content (AvgIpc) is 3.21. The van der Waals surface area contributed by atoms with Crippen molar-refractivity contribution in [3.05, 3.63) is 54.3 Å². The molecule has 0 aromatic carbocycles. The van der Waals surface area contributed by atoms with Gasteiger partial charge < -0.3 is 15.4 Å². The summed E-state index contributed by atoms with van der Waals surface area (Å²) in [5, 5.41) is 19.4. The fourth-order valence-electron chi connectivity index (χ4n) is 3.12. The molecule has 3 aromatic rings. The second kappa shape index (κ2) is 8.22. The third-order valence-electron chi connectivity index (χ3n) is 4.76. The largest absolute Gasteiger partial charge is 0.360 e. The first-order valence-electron chi connectivity index (χ1n) is 9.63. The van der Waals surface area contributed by atoms with Gasteiger partial charge in [-0.05, 0) is 35.8 Å². The van der Waals surface area contributed by atoms with Crippen LogP contribution in [-0.2, 0) is 11.3 Å². The van der Waals surface area contributed by atoms with Gasteiger partial charge in [0.25, 0.3) is 0 Å². The SMILES string of the molecule is CC(C)c1cnnc(NC2C=Cc3ncc(-c4cnn(CCC=O)c4)cc3N2)c1. The quantitative estimate of drug-likeness (QED) is 0.598. The summed E-state index contributed by atoms with van der Waals surface area (Å²) >= 11 is 0. The number of fused-ring (bicyclic) bond motifs is 1. The highest BCUT2D eigenvalue weighted by atomic mass is 16.1. The van der Waals surface area contributed by atoms with Crippen LogP contribution in [0.15, 0.2) is 43.0 Å². The van der Waals surface area contributed by atoms with Crippen LogP contribution in [0.2, 0.25) is 0 Å². The lowest BCUT2D eigenvalue weighted by Gasteiger charge is -2.23. The van der Waals surface area contributed by atoms with Gasteiger partial charge in [-0.3, -0.25) is 9.67 Å². The van der Waals surface area contributed by atoms with Gasteiger partial charge in [-0.15, -0.1) is 5.10 Å². The van der Waals surface area contributed by atoms with Gasteiger partial charge in [0.05, 0.1) is 23.8 Å². The highest BCUT2D eigenvalue weighted by molar-refractivity contribution is 5.75. The number of rotatable bonds is 7. The van der Waals surface area contributed by atoms with Gasteiger partial charge in [-0.25, -0.2) is 0 Å². The normalized spacial score (nSPS) is 15.1. The Kier molecular flexibility index (Phi) is 5.33. The maximum absolute atomic E-state index is 10.5. The summed E-state index contributed by atoms with van der Waals surface area (Å²) in [5.74, 6) is 1.11. The molecule has 0 radical (unpaired) electrons. The van der Waals surface area contributed by atoms with Crippen LogP contribution in [0.5, 0.6) is 0 Å². The van der Waals surface area contributed by atoms with Crippen molar-refractivity contribution < 1.29 is 4.79 Å². The predicted octanol–water partition coefficient (Wildman–Crippen LogP) is 3.32. The number of nitrogens with one attached hydrogen (secondary N) is 2. The standard InChI is InChI=1S/C21H23N7O/c1-14(2)15-9-21(27-23-11-15)26-20-5-4-18-19(25-20)8-16(10-22-18)17-12-24-28(13-17)6-3-7-29/h4-5,7-14,20,25H,3,6H2,1-2H3,(H,26,27). The molecule has 1 atom stereocenters. The van der Waals surface area contributed by atoms with Gasteiger partial charge in [-0.2, -0.15) is 10.2 Å². The third-order valence-corrected chi connectivity index (χ3v) is 4.76. The molecular weight excluding hydrogens is 366 g/mol. The Hall–Kier alpha value is -3.55. The molecule has 4 rings (SSSR count). The molecule has 3 aromatic heterocycles. The molecule has 0 bridgehead atoms. The van der Waals surface area contributed by atoms with Gasteiger partial charge in [0, 0.05) is 36.5 Å². The minimum atomic E-state index is -0.119. The lowest BCUT2D eigenvalue weighted by atomic mass is 10.1. The second-order valence-electron chi connectivity index (χ2n) is 7.26. The number of pyridine rings is 1. The van der Waals surface area contributed by atoms with E-state index in [9.17, 15) is 4.79 Å². The number of nitrogens with zero attached hydrogens (tertiary/aromatic N) is 5. The van der Waals surface area contributed by atoms with Crippen molar-refractivity contribution in [3.63, 3.8) is 0 Å². The molecule has 8 heteroatoms. The lowest BCUT2D eigenvalue weighted by Crippen LogP contribution is -2.29. The summed E-state index contributed by atoms with van der Waals surface area (Å²) < 4.78 is 1.77. The molecular formula is C21H23N7O. The number of anilines is 2. The number of aromatic nitrogens is 5. The topological polar surface area (TPSA) is 97.6 Å². The Morgan fingerprint density at radius 1 is 1.24 bits per heavy atom. The first-order chi connectivity index (χ1) is 14.1. The Labute approximate surface area is 169 Å². The number of carbonyl (C=O) groups excluding carboxylic acids is 1. The zero-order valence-corrected chi connectivity index (χ0v) is 16.4. The Bertz CT molecular complexity index is 1040. The highest BCUT2D eigenvalue weighted by Crippen LogP contribution is 2.28. The van der Waals surface area contributed by atoms with E-state index >= 15 is 0 Å². The molecule has 0 fully saturated rings. The van der Waals surface area contributed by atoms with E-state index in [2.05, 4.69) is 50.8 Å². The summed E-state index contributed by atoms with van der Waals surface area (Å²) in [7, 11) is 0. The number of aldehydes is 1. The van der Waals surface area contributed by atoms with Crippen molar-refractivity contribution >= 4 is 23.9 Å². The van der Waals surface area contributed by atoms with Crippen LogP contribution in [0.1, 0.15) is 37.4 Å². The van der Waals surface area contributed by atoms with Crippen molar-refractivity contribution in [2.75, 3.05) is 10.6 Å². The monoisotopic (exact) mass is 389 g/mol. The summed E-state index contributed by atoms with van der Waals surface area (Å²) in [5.41, 5.74) is 4.86. The summed E-state index contributed by atoms with van der Waals surface area (Å²) in [6.45, 7) is 4.83. The van der Waals surface area contributed by atoms with Crippen LogP contribution in [0, 0.1) is 0 Å². The fraction of sp³-hybridized carbons (Fsp3) is 0.286. The molecule has 2 N–H and O–H groups in total. The molecule has 29 heavy (non-hydrogen) atoms. The van der Waals surface area contributed by atoms with Crippen LogP contribution in [-0.4, -0.2) is 37.4 Å². The number of carbonyl (C=O) groups is 1. The van der Waals surface area contributed by atoms with Gasteiger partial charge in [0.1, 0.15) is 12.5 Å². The second-order valence-corrected chi connectivity index (χ2v) is 7.26. The van der Waals surface area contributed by atoms with Gasteiger partial charge in [-0.1, -0.05) is 13.8 Å². The molecule has 0 saturated carbocycles. The summed E-state index contributed by atoms with van der Waals surface area (Å²) in [6, 6.07) is 4.07. The number of aryl methyl sites for hydroxylation is 1. The molecule has 1 aliphatic rings. The van der Waals surface area contributed by atoms with Gasteiger partial charge in [0.15, 0.2) is 5.82 Å². The first-order valence-corrected chi connectivity index (χ1v) is 9.63. The van der Waals surface area contributed by atoms with Crippen molar-refractivity contribution in [2.45, 2.75) is 38.9 Å². The van der Waals surface area contributed by atoms with Crippen LogP contribution in [0.4, 0.5) is 11.5 Å². The van der Waals surface area contributed by atoms with E-state index in [-0.39, 0.29) is 6.17 Å². The maximum atomic E-state index is 10.5. The van der Waals surface area contributed by atoms with E-state index in [1.54, 1.807) is 17.1 Å². The Morgan fingerprint density at radius 3 is 2.97 bits per heavy atom. The molecule has 0 spiro atoms. The van der Waals surface area contributed by atoms with E-state index in [1.807, 2.05) is 30.6 Å². The Morgan fingerprint density at radius 2 is 2.14 bits per heavy atom. The van der Waals surface area contributed by atoms with E-state index in [0.29, 0.717) is 18.9 Å². The molecule has 8 nitrogen and oxygen atoms in total. The number of hydrogen-bond acceptors (Lipinski definition) is 7. The highest BCUT2D eigenvalue weighted by Gasteiger charge is 2.16. The minimum Gasteiger partial charge on any atom is -0.360 e. The smallest absolute Gasteiger partial charge is 0.150 e. The first kappa shape index (κ1) is 18.8. The molecule has 148 valence electrons. The van der Waals surface area contributed by atoms with Crippen LogP contribution < -0.4 is 10.6 Å². The molecule has 1 aliphatic heterocycles. The average molecular weight is 389 g/mol. The van der Waals surface area contributed by atoms with Crippen molar-refractivity contribution in [1.82, 2.24) is 25.0 Å². The minimum absolute atomic E-state index is 0.119. The zero-order chi connectivity index (χ0) is 20.2. The zero-order valence-electron chi connectivity index (χ0n) is 16.4. The molecule has 0 amide bonds. The van der Waals surface area contributed by atoms with E-state index < -0.39 is 0 Å². The van der Waals surface area contributed by atoms with E-state index in [1.165, 1.54) is 0 Å². The summed E-state index contributed by atoms with van der Waals surface area (Å²) in [6.07, 6.45) is 12.6. The van der Waals surface area contributed by atoms with Gasteiger partial charge >= 0.3 is 0 Å². The van der Waals surface area contributed by atoms with Crippen LogP contribution >= 0.6 is 0 Å². The van der Waals surface area contributed by atoms with Crippen LogP contribution in [0.25, 0.3) is 17.2 Å². The maximum Gasteiger partial charge on any atom is 0.150 e. The predicted molar refractivity (Wildman–Crippen MR) is 112 cm³/mol.